The smallest absolute Gasteiger partial charge is 0.134 e. The van der Waals surface area contributed by atoms with Gasteiger partial charge in [0.15, 0.2) is 0 Å². The Labute approximate surface area is 135 Å². The highest BCUT2D eigenvalue weighted by Crippen LogP contribution is 2.58. The summed E-state index contributed by atoms with van der Waals surface area (Å²) < 4.78 is 0. The zero-order valence-corrected chi connectivity index (χ0v) is 12.6. The van der Waals surface area contributed by atoms with Gasteiger partial charge in [0.25, 0.3) is 0 Å². The van der Waals surface area contributed by atoms with E-state index in [1.54, 1.807) is 30.3 Å². The van der Waals surface area contributed by atoms with Crippen molar-refractivity contribution in [3.05, 3.63) is 59.2 Å². The van der Waals surface area contributed by atoms with Gasteiger partial charge >= 0.3 is 0 Å². The molecule has 0 saturated carbocycles. The molecule has 0 atom stereocenters. The van der Waals surface area contributed by atoms with Crippen LogP contribution in [0.4, 0.5) is 0 Å². The van der Waals surface area contributed by atoms with E-state index in [1.165, 1.54) is 0 Å². The molecule has 0 amide bonds. The van der Waals surface area contributed by atoms with Crippen molar-refractivity contribution in [2.75, 3.05) is 0 Å². The molecule has 0 radical (unpaired) electrons. The molecule has 108 valence electrons. The van der Waals surface area contributed by atoms with Crippen LogP contribution < -0.4 is 0 Å². The monoisotopic (exact) mass is 296 g/mol. The predicted octanol–water partition coefficient (Wildman–Crippen LogP) is 3.88. The quantitative estimate of drug-likeness (QED) is 0.611. The van der Waals surface area contributed by atoms with Crippen molar-refractivity contribution in [3.63, 3.8) is 0 Å². The minimum Gasteiger partial charge on any atom is -0.192 e. The van der Waals surface area contributed by atoms with Crippen LogP contribution in [0.15, 0.2) is 48.1 Å². The first-order valence-corrected chi connectivity index (χ1v) is 6.89. The molecule has 4 nitrogen and oxygen atoms in total. The minimum absolute atomic E-state index is 0.00738. The zero-order valence-electron chi connectivity index (χ0n) is 12.6. The standard InChI is InChI=1S/C19H12N4/c1-3-8-19(2)17(13(9-20)10-21)15-6-4-5-7-16(15)18(19)14(11-22)12-23/h3-7H,1,8H2,2H3. The first-order chi connectivity index (χ1) is 11.1. The highest BCUT2D eigenvalue weighted by Gasteiger charge is 2.45. The Morgan fingerprint density at radius 2 is 1.35 bits per heavy atom. The Morgan fingerprint density at radius 1 is 0.957 bits per heavy atom. The van der Waals surface area contributed by atoms with Crippen molar-refractivity contribution < 1.29 is 0 Å². The summed E-state index contributed by atoms with van der Waals surface area (Å²) in [6.07, 6.45) is 2.08. The van der Waals surface area contributed by atoms with Crippen LogP contribution in [0.1, 0.15) is 24.5 Å². The lowest BCUT2D eigenvalue weighted by Crippen LogP contribution is -2.16. The molecule has 0 heterocycles. The van der Waals surface area contributed by atoms with Crippen LogP contribution in [0.25, 0.3) is 11.1 Å². The maximum absolute atomic E-state index is 9.35. The van der Waals surface area contributed by atoms with Gasteiger partial charge < -0.3 is 0 Å². The fourth-order valence-electron chi connectivity index (χ4n) is 3.23. The SMILES string of the molecule is C=CCC1(C)C(=C(C#N)C#N)c2ccccc2C1=C(C#N)C#N. The molecule has 0 fully saturated rings. The summed E-state index contributed by atoms with van der Waals surface area (Å²) in [6, 6.07) is 15.0. The normalized spacial score (nSPS) is 13.8. The van der Waals surface area contributed by atoms with E-state index in [4.69, 9.17) is 0 Å². The summed E-state index contributed by atoms with van der Waals surface area (Å²) in [5, 5.41) is 37.4. The third-order valence-electron chi connectivity index (χ3n) is 4.07. The van der Waals surface area contributed by atoms with Crippen molar-refractivity contribution in [2.24, 2.45) is 5.41 Å². The van der Waals surface area contributed by atoms with Crippen molar-refractivity contribution in [2.45, 2.75) is 13.3 Å². The van der Waals surface area contributed by atoms with Crippen LogP contribution in [-0.4, -0.2) is 0 Å². The molecule has 0 aliphatic heterocycles. The number of fused-ring (bicyclic) bond motifs is 1. The number of nitrogens with zero attached hydrogens (tertiary/aromatic N) is 4. The Bertz CT molecular complexity index is 817. The Balaban J connectivity index is 3.07. The van der Waals surface area contributed by atoms with E-state index >= 15 is 0 Å². The molecule has 0 bridgehead atoms. The predicted molar refractivity (Wildman–Crippen MR) is 85.7 cm³/mol. The van der Waals surface area contributed by atoms with Gasteiger partial charge in [0.2, 0.25) is 0 Å². The summed E-state index contributed by atoms with van der Waals surface area (Å²) in [5.74, 6) is 0. The number of hydrogen-bond acceptors (Lipinski definition) is 4. The van der Waals surface area contributed by atoms with E-state index < -0.39 is 5.41 Å². The fraction of sp³-hybridized carbons (Fsp3) is 0.158. The molecule has 0 N–H and O–H groups in total. The van der Waals surface area contributed by atoms with E-state index in [1.807, 2.05) is 31.2 Å². The summed E-state index contributed by atoms with van der Waals surface area (Å²) in [5.41, 5.74) is 1.71. The highest BCUT2D eigenvalue weighted by molar-refractivity contribution is 6.03. The average Bonchev–Trinajstić information content (AvgIpc) is 2.81. The van der Waals surface area contributed by atoms with Gasteiger partial charge in [-0.2, -0.15) is 21.0 Å². The maximum atomic E-state index is 9.35. The van der Waals surface area contributed by atoms with Crippen molar-refractivity contribution in [1.29, 1.82) is 21.0 Å². The third-order valence-corrected chi connectivity index (χ3v) is 4.07. The molecule has 4 heteroatoms. The molecule has 1 aliphatic rings. The van der Waals surface area contributed by atoms with Crippen molar-refractivity contribution in [3.8, 4) is 24.3 Å². The molecule has 23 heavy (non-hydrogen) atoms. The van der Waals surface area contributed by atoms with Gasteiger partial charge in [0.05, 0.1) is 0 Å². The summed E-state index contributed by atoms with van der Waals surface area (Å²) >= 11 is 0. The second kappa shape index (κ2) is 6.03. The molecule has 1 aliphatic carbocycles. The molecule has 1 aromatic rings. The first-order valence-electron chi connectivity index (χ1n) is 6.89. The first kappa shape index (κ1) is 15.8. The highest BCUT2D eigenvalue weighted by atomic mass is 14.5. The van der Waals surface area contributed by atoms with Crippen LogP contribution in [0, 0.1) is 50.7 Å². The van der Waals surface area contributed by atoms with Crippen molar-refractivity contribution >= 4 is 11.1 Å². The van der Waals surface area contributed by atoms with Crippen LogP contribution in [0.2, 0.25) is 0 Å². The molecule has 0 unspecified atom stereocenters. The van der Waals surface area contributed by atoms with Gasteiger partial charge in [-0.25, -0.2) is 0 Å². The number of hydrogen-bond donors (Lipinski definition) is 0. The Hall–Kier alpha value is -3.60. The molecular formula is C19H12N4. The van der Waals surface area contributed by atoms with E-state index in [9.17, 15) is 21.0 Å². The Kier molecular flexibility index (Phi) is 4.14. The van der Waals surface area contributed by atoms with Gasteiger partial charge in [-0.3, -0.25) is 0 Å². The van der Waals surface area contributed by atoms with Gasteiger partial charge in [0.1, 0.15) is 35.4 Å². The van der Waals surface area contributed by atoms with E-state index in [2.05, 4.69) is 6.58 Å². The lowest BCUT2D eigenvalue weighted by molar-refractivity contribution is 0.617. The van der Waals surface area contributed by atoms with Crippen LogP contribution in [-0.2, 0) is 0 Å². The zero-order chi connectivity index (χ0) is 17.0. The molecular weight excluding hydrogens is 284 g/mol. The number of benzene rings is 1. The molecule has 2 rings (SSSR count). The maximum Gasteiger partial charge on any atom is 0.134 e. The van der Waals surface area contributed by atoms with Crippen molar-refractivity contribution in [1.82, 2.24) is 0 Å². The molecule has 0 spiro atoms. The van der Waals surface area contributed by atoms with E-state index in [0.29, 0.717) is 28.7 Å². The third kappa shape index (κ3) is 2.20. The topological polar surface area (TPSA) is 95.2 Å². The number of nitriles is 4. The number of allylic oxidation sites excluding steroid dienone is 5. The fourth-order valence-corrected chi connectivity index (χ4v) is 3.23. The van der Waals surface area contributed by atoms with Gasteiger partial charge in [-0.1, -0.05) is 37.3 Å². The lowest BCUT2D eigenvalue weighted by atomic mass is 9.73. The number of rotatable bonds is 2. The second-order valence-corrected chi connectivity index (χ2v) is 5.32. The van der Waals surface area contributed by atoms with Crippen LogP contribution in [0.3, 0.4) is 0 Å². The molecule has 0 saturated heterocycles. The lowest BCUT2D eigenvalue weighted by Gasteiger charge is -2.27. The van der Waals surface area contributed by atoms with E-state index in [0.717, 1.165) is 0 Å². The summed E-state index contributed by atoms with van der Waals surface area (Å²) in [4.78, 5) is 0. The summed E-state index contributed by atoms with van der Waals surface area (Å²) in [7, 11) is 0. The van der Waals surface area contributed by atoms with E-state index in [-0.39, 0.29) is 11.1 Å². The largest absolute Gasteiger partial charge is 0.192 e. The van der Waals surface area contributed by atoms with Crippen LogP contribution >= 0.6 is 0 Å². The second-order valence-electron chi connectivity index (χ2n) is 5.32. The average molecular weight is 296 g/mol. The van der Waals surface area contributed by atoms with Gasteiger partial charge in [-0.15, -0.1) is 6.58 Å². The minimum atomic E-state index is -0.812. The van der Waals surface area contributed by atoms with Gasteiger partial charge in [-0.05, 0) is 28.7 Å². The van der Waals surface area contributed by atoms with Crippen LogP contribution in [0.5, 0.6) is 0 Å². The Morgan fingerprint density at radius 3 is 1.65 bits per heavy atom. The molecule has 1 aromatic carbocycles. The van der Waals surface area contributed by atoms with Gasteiger partial charge in [0, 0.05) is 5.41 Å². The summed E-state index contributed by atoms with van der Waals surface area (Å²) in [6.45, 7) is 5.58. The molecule has 0 aromatic heterocycles.